The van der Waals surface area contributed by atoms with Gasteiger partial charge >= 0.3 is 5.69 Å². The minimum Gasteiger partial charge on any atom is -0.496 e. The highest BCUT2D eigenvalue weighted by molar-refractivity contribution is 5.71. The fraction of sp³-hybridized carbons (Fsp3) is 0.111. The first-order chi connectivity index (χ1) is 13.4. The molecule has 3 aromatic rings. The van der Waals surface area contributed by atoms with Crippen LogP contribution in [0.3, 0.4) is 0 Å². The van der Waals surface area contributed by atoms with Crippen LogP contribution in [0.2, 0.25) is 0 Å². The Morgan fingerprint density at radius 2 is 1.71 bits per heavy atom. The van der Waals surface area contributed by atoms with E-state index in [0.717, 1.165) is 12.1 Å². The molecule has 28 heavy (non-hydrogen) atoms. The van der Waals surface area contributed by atoms with Crippen LogP contribution in [0, 0.1) is 16.5 Å². The lowest BCUT2D eigenvalue weighted by Crippen LogP contribution is -2.00. The van der Waals surface area contributed by atoms with Gasteiger partial charge in [-0.3, -0.25) is 0 Å². The van der Waals surface area contributed by atoms with Gasteiger partial charge in [0.05, 0.1) is 24.8 Å². The van der Waals surface area contributed by atoms with Crippen LogP contribution in [0.1, 0.15) is 0 Å². The summed E-state index contributed by atoms with van der Waals surface area (Å²) < 4.78 is 37.2. The summed E-state index contributed by atoms with van der Waals surface area (Å²) in [5.74, 6) is -1.48. The van der Waals surface area contributed by atoms with E-state index in [0.29, 0.717) is 11.5 Å². The first kappa shape index (κ1) is 19.0. The van der Waals surface area contributed by atoms with Crippen molar-refractivity contribution in [3.8, 4) is 22.8 Å². The summed E-state index contributed by atoms with van der Waals surface area (Å²) in [6, 6.07) is 7.84. The molecule has 0 amide bonds. The molecular formula is C18H15F2N4O4+. The molecule has 2 N–H and O–H groups in total. The van der Waals surface area contributed by atoms with Crippen LogP contribution in [0.25, 0.3) is 11.3 Å². The maximum atomic E-state index is 13.7. The molecule has 10 heteroatoms. The smallest absolute Gasteiger partial charge is 0.360 e. The Hall–Kier alpha value is -3.82. The molecule has 0 fully saturated rings. The van der Waals surface area contributed by atoms with Crippen molar-refractivity contribution in [2.24, 2.45) is 0 Å². The van der Waals surface area contributed by atoms with Gasteiger partial charge in [-0.15, -0.1) is 0 Å². The second kappa shape index (κ2) is 7.82. The molecule has 0 unspecified atom stereocenters. The SMILES string of the molecule is COc1cc(F)c(F)cc1-c1cc(Nc2ccc(OC)c([N+](=O)O)c2)ncn1. The number of halogens is 2. The van der Waals surface area contributed by atoms with Gasteiger partial charge in [0.15, 0.2) is 11.6 Å². The van der Waals surface area contributed by atoms with Crippen molar-refractivity contribution in [2.45, 2.75) is 0 Å². The molecule has 0 bridgehead atoms. The van der Waals surface area contributed by atoms with Crippen molar-refractivity contribution in [3.63, 3.8) is 0 Å². The minimum absolute atomic E-state index is 0.107. The molecule has 144 valence electrons. The number of ether oxygens (including phenoxy) is 2. The van der Waals surface area contributed by atoms with Gasteiger partial charge in [0.2, 0.25) is 5.75 Å². The van der Waals surface area contributed by atoms with Crippen molar-refractivity contribution in [1.29, 1.82) is 0 Å². The summed E-state index contributed by atoms with van der Waals surface area (Å²) in [5, 5.41) is 12.1. The Morgan fingerprint density at radius 3 is 2.39 bits per heavy atom. The summed E-state index contributed by atoms with van der Waals surface area (Å²) in [4.78, 5) is 19.1. The molecule has 2 aromatic carbocycles. The number of aromatic nitrogens is 2. The van der Waals surface area contributed by atoms with E-state index < -0.39 is 11.6 Å². The molecule has 0 radical (unpaired) electrons. The minimum atomic E-state index is -1.04. The molecule has 0 aliphatic carbocycles. The normalized spacial score (nSPS) is 10.4. The molecule has 3 rings (SSSR count). The second-order valence-corrected chi connectivity index (χ2v) is 5.54. The Bertz CT molecular complexity index is 1050. The third kappa shape index (κ3) is 3.80. The molecule has 0 spiro atoms. The highest BCUT2D eigenvalue weighted by Gasteiger charge is 2.20. The van der Waals surface area contributed by atoms with Crippen molar-refractivity contribution < 1.29 is 28.4 Å². The van der Waals surface area contributed by atoms with Crippen molar-refractivity contribution >= 4 is 17.2 Å². The largest absolute Gasteiger partial charge is 0.496 e. The molecule has 0 aliphatic rings. The summed E-state index contributed by atoms with van der Waals surface area (Å²) in [6.45, 7) is 0. The Balaban J connectivity index is 1.96. The number of anilines is 2. The maximum Gasteiger partial charge on any atom is 0.360 e. The van der Waals surface area contributed by atoms with Gasteiger partial charge in [0.25, 0.3) is 4.92 Å². The highest BCUT2D eigenvalue weighted by atomic mass is 19.2. The topological polar surface area (TPSA) is 96.6 Å². The van der Waals surface area contributed by atoms with Crippen LogP contribution in [0.4, 0.5) is 26.0 Å². The molecule has 0 saturated heterocycles. The van der Waals surface area contributed by atoms with Crippen LogP contribution >= 0.6 is 0 Å². The van der Waals surface area contributed by atoms with E-state index in [1.807, 2.05) is 0 Å². The molecule has 1 aromatic heterocycles. The predicted molar refractivity (Wildman–Crippen MR) is 95.3 cm³/mol. The van der Waals surface area contributed by atoms with Crippen LogP contribution in [0.15, 0.2) is 42.7 Å². The summed E-state index contributed by atoms with van der Waals surface area (Å²) in [7, 11) is 2.69. The van der Waals surface area contributed by atoms with Crippen LogP contribution < -0.4 is 14.8 Å². The first-order valence-electron chi connectivity index (χ1n) is 7.89. The van der Waals surface area contributed by atoms with Gasteiger partial charge in [-0.25, -0.2) is 24.0 Å². The van der Waals surface area contributed by atoms with Crippen molar-refractivity contribution in [2.75, 3.05) is 19.5 Å². The summed E-state index contributed by atoms with van der Waals surface area (Å²) in [5.41, 5.74) is 0.842. The lowest BCUT2D eigenvalue weighted by molar-refractivity contribution is -0.730. The Morgan fingerprint density at radius 1 is 1.00 bits per heavy atom. The highest BCUT2D eigenvalue weighted by Crippen LogP contribution is 2.33. The molecule has 8 nitrogen and oxygen atoms in total. The standard InChI is InChI=1S/C18H15F2N4O4/c1-27-16-4-3-10(5-15(16)24(25)26)23-18-8-14(21-9-22-18)11-6-12(19)13(20)7-17(11)28-2/h3-9H,1-2H3,(H,25,26)(H,21,22,23)/q+1. The number of nitrogens with zero attached hydrogens (tertiary/aromatic N) is 3. The number of rotatable bonds is 6. The van der Waals surface area contributed by atoms with E-state index in [9.17, 15) is 18.9 Å². The molecular weight excluding hydrogens is 374 g/mol. The third-order valence-electron chi connectivity index (χ3n) is 3.84. The van der Waals surface area contributed by atoms with E-state index >= 15 is 0 Å². The zero-order valence-corrected chi connectivity index (χ0v) is 14.8. The third-order valence-corrected chi connectivity index (χ3v) is 3.84. The van der Waals surface area contributed by atoms with Gasteiger partial charge in [-0.1, -0.05) is 0 Å². The monoisotopic (exact) mass is 389 g/mol. The number of benzene rings is 2. The van der Waals surface area contributed by atoms with Crippen LogP contribution in [0.5, 0.6) is 11.5 Å². The Labute approximate surface area is 157 Å². The van der Waals surface area contributed by atoms with Gasteiger partial charge in [0, 0.05) is 29.4 Å². The van der Waals surface area contributed by atoms with E-state index in [-0.39, 0.29) is 33.4 Å². The van der Waals surface area contributed by atoms with E-state index in [2.05, 4.69) is 15.3 Å². The quantitative estimate of drug-likeness (QED) is 0.616. The summed E-state index contributed by atoms with van der Waals surface area (Å²) in [6.07, 6.45) is 1.23. The van der Waals surface area contributed by atoms with E-state index in [1.165, 1.54) is 38.7 Å². The Kier molecular flexibility index (Phi) is 5.30. The van der Waals surface area contributed by atoms with E-state index in [1.54, 1.807) is 6.07 Å². The van der Waals surface area contributed by atoms with Crippen molar-refractivity contribution in [1.82, 2.24) is 9.97 Å². The fourth-order valence-electron chi connectivity index (χ4n) is 2.54. The van der Waals surface area contributed by atoms with Gasteiger partial charge in [-0.2, -0.15) is 0 Å². The average Bonchev–Trinajstić information content (AvgIpc) is 2.69. The number of hydrogen-bond acceptors (Lipinski definition) is 6. The van der Waals surface area contributed by atoms with Gasteiger partial charge in [-0.05, 0) is 18.2 Å². The van der Waals surface area contributed by atoms with Crippen LogP contribution in [-0.4, -0.2) is 34.3 Å². The van der Waals surface area contributed by atoms with Crippen molar-refractivity contribution in [3.05, 3.63) is 59.3 Å². The van der Waals surface area contributed by atoms with Crippen LogP contribution in [-0.2, 0) is 0 Å². The fourth-order valence-corrected chi connectivity index (χ4v) is 2.54. The molecule has 0 atom stereocenters. The van der Waals surface area contributed by atoms with Gasteiger partial charge in [0.1, 0.15) is 17.9 Å². The number of hydrogen-bond donors (Lipinski definition) is 2. The zero-order chi connectivity index (χ0) is 20.3. The lowest BCUT2D eigenvalue weighted by Gasteiger charge is -2.11. The zero-order valence-electron chi connectivity index (χ0n) is 14.8. The number of methoxy groups -OCH3 is 2. The average molecular weight is 389 g/mol. The maximum absolute atomic E-state index is 13.7. The van der Waals surface area contributed by atoms with E-state index in [4.69, 9.17) is 9.47 Å². The molecule has 0 saturated carbocycles. The van der Waals surface area contributed by atoms with Gasteiger partial charge < -0.3 is 14.8 Å². The predicted octanol–water partition coefficient (Wildman–Crippen LogP) is 3.98. The summed E-state index contributed by atoms with van der Waals surface area (Å²) >= 11 is 0. The lowest BCUT2D eigenvalue weighted by atomic mass is 10.1. The molecule has 1 heterocycles. The molecule has 0 aliphatic heterocycles. The number of nitrogens with one attached hydrogen (secondary N) is 1. The first-order valence-corrected chi connectivity index (χ1v) is 7.89. The second-order valence-electron chi connectivity index (χ2n) is 5.54.